The Bertz CT molecular complexity index is 680. The molecule has 1 aliphatic heterocycles. The average Bonchev–Trinajstić information content (AvgIpc) is 2.91. The van der Waals surface area contributed by atoms with E-state index in [1.807, 2.05) is 12.1 Å². The van der Waals surface area contributed by atoms with E-state index in [-0.39, 0.29) is 5.91 Å². The van der Waals surface area contributed by atoms with Crippen LogP contribution in [0.1, 0.15) is 36.0 Å². The van der Waals surface area contributed by atoms with Gasteiger partial charge in [0.1, 0.15) is 5.75 Å². The number of amides is 1. The molecular formula is C18H22N4O2. The third-order valence-electron chi connectivity index (χ3n) is 4.17. The molecule has 1 aliphatic rings. The Balaban J connectivity index is 1.68. The Labute approximate surface area is 141 Å². The van der Waals surface area contributed by atoms with Crippen LogP contribution in [0.25, 0.3) is 0 Å². The Morgan fingerprint density at radius 1 is 1.04 bits per heavy atom. The molecule has 1 fully saturated rings. The summed E-state index contributed by atoms with van der Waals surface area (Å²) in [5.74, 6) is 1.57. The molecule has 0 saturated carbocycles. The maximum absolute atomic E-state index is 12.4. The zero-order valence-electron chi connectivity index (χ0n) is 13.9. The lowest BCUT2D eigenvalue weighted by molar-refractivity contribution is 0.102. The highest BCUT2D eigenvalue weighted by Crippen LogP contribution is 2.20. The summed E-state index contributed by atoms with van der Waals surface area (Å²) in [6, 6.07) is 10.8. The van der Waals surface area contributed by atoms with Crippen molar-refractivity contribution in [2.75, 3.05) is 30.4 Å². The highest BCUT2D eigenvalue weighted by Gasteiger charge is 2.14. The van der Waals surface area contributed by atoms with Crippen LogP contribution in [0, 0.1) is 0 Å². The van der Waals surface area contributed by atoms with Crippen LogP contribution in [0.4, 0.5) is 11.6 Å². The van der Waals surface area contributed by atoms with Crippen molar-refractivity contribution in [2.45, 2.75) is 25.7 Å². The largest absolute Gasteiger partial charge is 0.496 e. The Hall–Kier alpha value is -2.63. The van der Waals surface area contributed by atoms with Crippen molar-refractivity contribution in [3.8, 4) is 5.75 Å². The summed E-state index contributed by atoms with van der Waals surface area (Å²) in [4.78, 5) is 14.6. The average molecular weight is 326 g/mol. The van der Waals surface area contributed by atoms with Crippen molar-refractivity contribution < 1.29 is 9.53 Å². The summed E-state index contributed by atoms with van der Waals surface area (Å²) in [5, 5.41) is 11.2. The molecule has 6 nitrogen and oxygen atoms in total. The van der Waals surface area contributed by atoms with Crippen LogP contribution in [0.5, 0.6) is 5.75 Å². The van der Waals surface area contributed by atoms with Crippen molar-refractivity contribution in [3.63, 3.8) is 0 Å². The first kappa shape index (κ1) is 16.2. The number of aromatic nitrogens is 2. The number of ether oxygens (including phenoxy) is 1. The number of para-hydroxylation sites is 1. The molecule has 1 N–H and O–H groups in total. The van der Waals surface area contributed by atoms with E-state index in [4.69, 9.17) is 4.74 Å². The van der Waals surface area contributed by atoms with E-state index in [1.54, 1.807) is 31.4 Å². The van der Waals surface area contributed by atoms with E-state index < -0.39 is 0 Å². The molecule has 1 amide bonds. The lowest BCUT2D eigenvalue weighted by Crippen LogP contribution is -2.25. The fourth-order valence-corrected chi connectivity index (χ4v) is 2.88. The van der Waals surface area contributed by atoms with E-state index in [2.05, 4.69) is 20.4 Å². The van der Waals surface area contributed by atoms with Gasteiger partial charge in [-0.3, -0.25) is 4.79 Å². The molecule has 1 aromatic heterocycles. The molecule has 0 atom stereocenters. The molecule has 126 valence electrons. The van der Waals surface area contributed by atoms with Crippen molar-refractivity contribution >= 4 is 17.5 Å². The topological polar surface area (TPSA) is 67.3 Å². The molecule has 2 aromatic rings. The molecule has 0 aliphatic carbocycles. The van der Waals surface area contributed by atoms with Crippen LogP contribution in [0.3, 0.4) is 0 Å². The van der Waals surface area contributed by atoms with Crippen molar-refractivity contribution in [3.05, 3.63) is 42.0 Å². The maximum Gasteiger partial charge on any atom is 0.260 e. The van der Waals surface area contributed by atoms with Crippen LogP contribution in [0.2, 0.25) is 0 Å². The summed E-state index contributed by atoms with van der Waals surface area (Å²) in [6.45, 7) is 2.03. The quantitative estimate of drug-likeness (QED) is 0.935. The summed E-state index contributed by atoms with van der Waals surface area (Å²) in [7, 11) is 1.54. The lowest BCUT2D eigenvalue weighted by Gasteiger charge is -2.20. The Morgan fingerprint density at radius 3 is 2.46 bits per heavy atom. The number of nitrogens with zero attached hydrogens (tertiary/aromatic N) is 3. The van der Waals surface area contributed by atoms with E-state index in [0.717, 1.165) is 18.9 Å². The van der Waals surface area contributed by atoms with Crippen molar-refractivity contribution in [2.24, 2.45) is 0 Å². The van der Waals surface area contributed by atoms with Gasteiger partial charge in [0.15, 0.2) is 11.6 Å². The Morgan fingerprint density at radius 2 is 1.79 bits per heavy atom. The van der Waals surface area contributed by atoms with Crippen LogP contribution in [-0.2, 0) is 0 Å². The van der Waals surface area contributed by atoms with Crippen LogP contribution in [0.15, 0.2) is 36.4 Å². The molecule has 1 saturated heterocycles. The molecule has 2 heterocycles. The van der Waals surface area contributed by atoms with Gasteiger partial charge in [-0.25, -0.2) is 0 Å². The zero-order chi connectivity index (χ0) is 16.8. The molecule has 24 heavy (non-hydrogen) atoms. The number of hydrogen-bond acceptors (Lipinski definition) is 5. The lowest BCUT2D eigenvalue weighted by atomic mass is 10.2. The number of rotatable bonds is 4. The normalized spacial score (nSPS) is 14.8. The van der Waals surface area contributed by atoms with Gasteiger partial charge in [0.05, 0.1) is 12.7 Å². The van der Waals surface area contributed by atoms with Crippen molar-refractivity contribution in [1.82, 2.24) is 10.2 Å². The number of anilines is 2. The minimum absolute atomic E-state index is 0.260. The highest BCUT2D eigenvalue weighted by atomic mass is 16.5. The fraction of sp³-hybridized carbons (Fsp3) is 0.389. The molecule has 0 spiro atoms. The van der Waals surface area contributed by atoms with E-state index >= 15 is 0 Å². The zero-order valence-corrected chi connectivity index (χ0v) is 13.9. The summed E-state index contributed by atoms with van der Waals surface area (Å²) in [5.41, 5.74) is 0.471. The second-order valence-electron chi connectivity index (χ2n) is 5.83. The fourth-order valence-electron chi connectivity index (χ4n) is 2.88. The first-order valence-corrected chi connectivity index (χ1v) is 8.31. The summed E-state index contributed by atoms with van der Waals surface area (Å²) in [6.07, 6.45) is 4.93. The maximum atomic E-state index is 12.4. The minimum atomic E-state index is -0.260. The number of carbonyl (C=O) groups excluding carboxylic acids is 1. The summed E-state index contributed by atoms with van der Waals surface area (Å²) >= 11 is 0. The number of benzene rings is 1. The number of hydrogen-bond donors (Lipinski definition) is 1. The Kier molecular flexibility index (Phi) is 5.25. The van der Waals surface area contributed by atoms with Gasteiger partial charge in [0.2, 0.25) is 0 Å². The second-order valence-corrected chi connectivity index (χ2v) is 5.83. The highest BCUT2D eigenvalue weighted by molar-refractivity contribution is 6.05. The van der Waals surface area contributed by atoms with E-state index in [1.165, 1.54) is 25.7 Å². The molecule has 0 bridgehead atoms. The molecule has 0 radical (unpaired) electrons. The predicted octanol–water partition coefficient (Wildman–Crippen LogP) is 3.12. The monoisotopic (exact) mass is 326 g/mol. The number of methoxy groups -OCH3 is 1. The first-order chi connectivity index (χ1) is 11.8. The van der Waals surface area contributed by atoms with Gasteiger partial charge in [0.25, 0.3) is 5.91 Å². The van der Waals surface area contributed by atoms with Crippen LogP contribution >= 0.6 is 0 Å². The SMILES string of the molecule is COc1ccccc1C(=O)Nc1ccc(N2CCCCCC2)nn1. The minimum Gasteiger partial charge on any atom is -0.496 e. The van der Waals surface area contributed by atoms with Gasteiger partial charge in [0, 0.05) is 13.1 Å². The molecule has 0 unspecified atom stereocenters. The number of nitrogens with one attached hydrogen (secondary N) is 1. The van der Waals surface area contributed by atoms with E-state index in [9.17, 15) is 4.79 Å². The molecule has 6 heteroatoms. The van der Waals surface area contributed by atoms with Crippen LogP contribution < -0.4 is 15.0 Å². The first-order valence-electron chi connectivity index (χ1n) is 8.31. The second kappa shape index (κ2) is 7.77. The van der Waals surface area contributed by atoms with Gasteiger partial charge >= 0.3 is 0 Å². The standard InChI is InChI=1S/C18H22N4O2/c1-24-15-9-5-4-8-14(15)18(23)19-16-10-11-17(21-20-16)22-12-6-2-3-7-13-22/h4-5,8-11H,2-3,6-7,12-13H2,1H3,(H,19,20,23). The molecule has 3 rings (SSSR count). The molecule has 1 aromatic carbocycles. The van der Waals surface area contributed by atoms with Gasteiger partial charge in [-0.15, -0.1) is 10.2 Å². The van der Waals surface area contributed by atoms with Gasteiger partial charge in [-0.2, -0.15) is 0 Å². The van der Waals surface area contributed by atoms with Gasteiger partial charge in [-0.1, -0.05) is 25.0 Å². The van der Waals surface area contributed by atoms with Crippen LogP contribution in [-0.4, -0.2) is 36.3 Å². The molecular weight excluding hydrogens is 304 g/mol. The predicted molar refractivity (Wildman–Crippen MR) is 93.7 cm³/mol. The third-order valence-corrected chi connectivity index (χ3v) is 4.17. The summed E-state index contributed by atoms with van der Waals surface area (Å²) < 4.78 is 5.21. The number of carbonyl (C=O) groups is 1. The van der Waals surface area contributed by atoms with Crippen molar-refractivity contribution in [1.29, 1.82) is 0 Å². The van der Waals surface area contributed by atoms with Gasteiger partial charge in [-0.05, 0) is 37.1 Å². The van der Waals surface area contributed by atoms with Gasteiger partial charge < -0.3 is 15.0 Å². The third kappa shape index (κ3) is 3.82. The van der Waals surface area contributed by atoms with E-state index in [0.29, 0.717) is 17.1 Å². The smallest absolute Gasteiger partial charge is 0.260 e.